The summed E-state index contributed by atoms with van der Waals surface area (Å²) in [6.45, 7) is 8.95. The van der Waals surface area contributed by atoms with Gasteiger partial charge < -0.3 is 11.1 Å². The molecule has 0 saturated heterocycles. The van der Waals surface area contributed by atoms with Gasteiger partial charge in [-0.05, 0) is 38.1 Å². The summed E-state index contributed by atoms with van der Waals surface area (Å²) < 4.78 is 0. The molecule has 0 radical (unpaired) electrons. The topological polar surface area (TPSA) is 58.4 Å². The molecule has 1 atom stereocenters. The molecule has 0 aromatic heterocycles. The van der Waals surface area contributed by atoms with Crippen LogP contribution in [0.15, 0.2) is 24.3 Å². The third kappa shape index (κ3) is 5.85. The summed E-state index contributed by atoms with van der Waals surface area (Å²) in [7, 11) is 0. The molecule has 0 heterocycles. The molecular weight excluding hydrogens is 238 g/mol. The molecule has 0 spiro atoms. The molecule has 1 unspecified atom stereocenters. The molecule has 3 N–H and O–H groups in total. The minimum Gasteiger partial charge on any atom is -0.330 e. The highest BCUT2D eigenvalue weighted by atomic mass is 16.2. The van der Waals surface area contributed by atoms with Crippen molar-refractivity contribution in [1.82, 2.24) is 4.90 Å². The average Bonchev–Trinajstić information content (AvgIpc) is 2.40. The highest BCUT2D eigenvalue weighted by Crippen LogP contribution is 2.08. The molecule has 4 heteroatoms. The molecule has 106 valence electrons. The number of hydrogen-bond donors (Lipinski definition) is 2. The van der Waals surface area contributed by atoms with Crippen molar-refractivity contribution < 1.29 is 4.79 Å². The SMILES string of the molecule is CCN(CC(=O)Nc1ccc(C)cc1)CC(C)CN. The van der Waals surface area contributed by atoms with E-state index in [1.54, 1.807) is 0 Å². The second-order valence-electron chi connectivity index (χ2n) is 5.08. The molecule has 4 nitrogen and oxygen atoms in total. The molecule has 0 aliphatic rings. The maximum Gasteiger partial charge on any atom is 0.238 e. The number of carbonyl (C=O) groups excluding carboxylic acids is 1. The average molecular weight is 263 g/mol. The van der Waals surface area contributed by atoms with Gasteiger partial charge in [0.25, 0.3) is 0 Å². The first-order valence-electron chi connectivity index (χ1n) is 6.84. The van der Waals surface area contributed by atoms with Gasteiger partial charge in [0.05, 0.1) is 6.54 Å². The number of amides is 1. The maximum absolute atomic E-state index is 12.0. The van der Waals surface area contributed by atoms with Crippen LogP contribution in [0.25, 0.3) is 0 Å². The summed E-state index contributed by atoms with van der Waals surface area (Å²) >= 11 is 0. The zero-order valence-corrected chi connectivity index (χ0v) is 12.1. The van der Waals surface area contributed by atoms with E-state index in [0.29, 0.717) is 19.0 Å². The summed E-state index contributed by atoms with van der Waals surface area (Å²) in [6.07, 6.45) is 0. The Morgan fingerprint density at radius 3 is 2.53 bits per heavy atom. The normalized spacial score (nSPS) is 12.5. The predicted octanol–water partition coefficient (Wildman–Crippen LogP) is 1.85. The number of nitrogens with one attached hydrogen (secondary N) is 1. The van der Waals surface area contributed by atoms with Gasteiger partial charge in [-0.15, -0.1) is 0 Å². The smallest absolute Gasteiger partial charge is 0.238 e. The summed E-state index contributed by atoms with van der Waals surface area (Å²) in [5.74, 6) is 0.432. The molecule has 0 saturated carbocycles. The third-order valence-electron chi connectivity index (χ3n) is 3.12. The lowest BCUT2D eigenvalue weighted by Crippen LogP contribution is -2.37. The number of likely N-dealkylation sites (N-methyl/N-ethyl adjacent to an activating group) is 1. The van der Waals surface area contributed by atoms with Crippen LogP contribution in [0.5, 0.6) is 0 Å². The molecular formula is C15H25N3O. The number of aryl methyl sites for hydroxylation is 1. The van der Waals surface area contributed by atoms with Crippen LogP contribution >= 0.6 is 0 Å². The second-order valence-corrected chi connectivity index (χ2v) is 5.08. The van der Waals surface area contributed by atoms with Crippen molar-refractivity contribution in [3.63, 3.8) is 0 Å². The lowest BCUT2D eigenvalue weighted by atomic mass is 10.1. The van der Waals surface area contributed by atoms with Gasteiger partial charge in [0, 0.05) is 12.2 Å². The van der Waals surface area contributed by atoms with Gasteiger partial charge in [0.2, 0.25) is 5.91 Å². The molecule has 1 aromatic carbocycles. The highest BCUT2D eigenvalue weighted by molar-refractivity contribution is 5.92. The zero-order valence-electron chi connectivity index (χ0n) is 12.1. The minimum absolute atomic E-state index is 0.0231. The van der Waals surface area contributed by atoms with Crippen LogP contribution < -0.4 is 11.1 Å². The number of nitrogens with two attached hydrogens (primary N) is 1. The molecule has 1 aromatic rings. The van der Waals surface area contributed by atoms with Crippen molar-refractivity contribution in [2.45, 2.75) is 20.8 Å². The van der Waals surface area contributed by atoms with Crippen LogP contribution in [-0.4, -0.2) is 37.0 Å². The van der Waals surface area contributed by atoms with Gasteiger partial charge in [-0.2, -0.15) is 0 Å². The van der Waals surface area contributed by atoms with Gasteiger partial charge in [0.1, 0.15) is 0 Å². The fraction of sp³-hybridized carbons (Fsp3) is 0.533. The summed E-state index contributed by atoms with van der Waals surface area (Å²) in [5.41, 5.74) is 7.65. The van der Waals surface area contributed by atoms with E-state index in [9.17, 15) is 4.79 Å². The van der Waals surface area contributed by atoms with Gasteiger partial charge in [-0.3, -0.25) is 9.69 Å². The number of anilines is 1. The Morgan fingerprint density at radius 2 is 2.00 bits per heavy atom. The largest absolute Gasteiger partial charge is 0.330 e. The van der Waals surface area contributed by atoms with E-state index in [1.165, 1.54) is 5.56 Å². The Hall–Kier alpha value is -1.39. The zero-order chi connectivity index (χ0) is 14.3. The van der Waals surface area contributed by atoms with E-state index in [2.05, 4.69) is 24.1 Å². The number of nitrogens with zero attached hydrogens (tertiary/aromatic N) is 1. The first kappa shape index (κ1) is 15.7. The van der Waals surface area contributed by atoms with Crippen molar-refractivity contribution in [1.29, 1.82) is 0 Å². The summed E-state index contributed by atoms with van der Waals surface area (Å²) in [6, 6.07) is 7.82. The van der Waals surface area contributed by atoms with Gasteiger partial charge in [0.15, 0.2) is 0 Å². The molecule has 19 heavy (non-hydrogen) atoms. The number of carbonyl (C=O) groups is 1. The van der Waals surface area contributed by atoms with Gasteiger partial charge in [-0.1, -0.05) is 31.5 Å². The second kappa shape index (κ2) is 7.92. The lowest BCUT2D eigenvalue weighted by molar-refractivity contribution is -0.117. The lowest BCUT2D eigenvalue weighted by Gasteiger charge is -2.22. The molecule has 0 fully saturated rings. The van der Waals surface area contributed by atoms with E-state index in [-0.39, 0.29) is 5.91 Å². The molecule has 0 aliphatic heterocycles. The fourth-order valence-corrected chi connectivity index (χ4v) is 1.86. The number of hydrogen-bond acceptors (Lipinski definition) is 3. The number of benzene rings is 1. The van der Waals surface area contributed by atoms with Crippen LogP contribution in [0.3, 0.4) is 0 Å². The fourth-order valence-electron chi connectivity index (χ4n) is 1.86. The Bertz CT molecular complexity index is 389. The summed E-state index contributed by atoms with van der Waals surface area (Å²) in [4.78, 5) is 14.1. The van der Waals surface area contributed by atoms with E-state index >= 15 is 0 Å². The van der Waals surface area contributed by atoms with Crippen LogP contribution in [0.2, 0.25) is 0 Å². The first-order valence-corrected chi connectivity index (χ1v) is 6.84. The van der Waals surface area contributed by atoms with E-state index < -0.39 is 0 Å². The first-order chi connectivity index (χ1) is 9.05. The Morgan fingerprint density at radius 1 is 1.37 bits per heavy atom. The predicted molar refractivity (Wildman–Crippen MR) is 80.1 cm³/mol. The van der Waals surface area contributed by atoms with E-state index in [0.717, 1.165) is 18.8 Å². The monoisotopic (exact) mass is 263 g/mol. The van der Waals surface area contributed by atoms with Crippen LogP contribution in [-0.2, 0) is 4.79 Å². The minimum atomic E-state index is 0.0231. The van der Waals surface area contributed by atoms with Crippen LogP contribution in [0.4, 0.5) is 5.69 Å². The van der Waals surface area contributed by atoms with Gasteiger partial charge in [-0.25, -0.2) is 0 Å². The van der Waals surface area contributed by atoms with Crippen molar-refractivity contribution in [3.05, 3.63) is 29.8 Å². The van der Waals surface area contributed by atoms with E-state index in [4.69, 9.17) is 5.73 Å². The molecule has 1 amide bonds. The molecule has 0 bridgehead atoms. The Labute approximate surface area is 116 Å². The van der Waals surface area contributed by atoms with E-state index in [1.807, 2.05) is 31.2 Å². The van der Waals surface area contributed by atoms with Crippen LogP contribution in [0, 0.1) is 12.8 Å². The molecule has 1 rings (SSSR count). The standard InChI is InChI=1S/C15H25N3O/c1-4-18(10-13(3)9-16)11-15(19)17-14-7-5-12(2)6-8-14/h5-8,13H,4,9-11,16H2,1-3H3,(H,17,19). The molecule has 0 aliphatic carbocycles. The highest BCUT2D eigenvalue weighted by Gasteiger charge is 2.11. The van der Waals surface area contributed by atoms with Crippen molar-refractivity contribution in [2.24, 2.45) is 11.7 Å². The number of rotatable bonds is 7. The Balaban J connectivity index is 2.46. The summed E-state index contributed by atoms with van der Waals surface area (Å²) in [5, 5.41) is 2.91. The third-order valence-corrected chi connectivity index (χ3v) is 3.12. The van der Waals surface area contributed by atoms with Crippen molar-refractivity contribution >= 4 is 11.6 Å². The quantitative estimate of drug-likeness (QED) is 0.789. The Kier molecular flexibility index (Phi) is 6.53. The maximum atomic E-state index is 12.0. The van der Waals surface area contributed by atoms with Crippen molar-refractivity contribution in [2.75, 3.05) is 31.5 Å². The van der Waals surface area contributed by atoms with Crippen molar-refractivity contribution in [3.8, 4) is 0 Å². The van der Waals surface area contributed by atoms with Crippen LogP contribution in [0.1, 0.15) is 19.4 Å². The van der Waals surface area contributed by atoms with Gasteiger partial charge >= 0.3 is 0 Å².